The van der Waals surface area contributed by atoms with Gasteiger partial charge in [-0.15, -0.1) is 0 Å². The second-order valence-corrected chi connectivity index (χ2v) is 3.67. The van der Waals surface area contributed by atoms with Crippen LogP contribution in [0, 0.1) is 6.92 Å². The van der Waals surface area contributed by atoms with Crippen LogP contribution in [0.25, 0.3) is 0 Å². The number of aromatic nitrogens is 2. The molecule has 1 heterocycles. The molecule has 0 radical (unpaired) electrons. The molecule has 0 aromatic carbocycles. The maximum Gasteiger partial charge on any atom is 0.253 e. The monoisotopic (exact) mass is 209 g/mol. The SMILES string of the molecule is CCCCNCCn1cnc(C)cc1=O. The van der Waals surface area contributed by atoms with Crippen LogP contribution in [0.4, 0.5) is 0 Å². The van der Waals surface area contributed by atoms with Crippen LogP contribution in [0.1, 0.15) is 25.5 Å². The summed E-state index contributed by atoms with van der Waals surface area (Å²) in [7, 11) is 0. The summed E-state index contributed by atoms with van der Waals surface area (Å²) in [5.41, 5.74) is 0.801. The lowest BCUT2D eigenvalue weighted by Crippen LogP contribution is -2.27. The van der Waals surface area contributed by atoms with Gasteiger partial charge in [-0.25, -0.2) is 4.98 Å². The molecule has 0 aliphatic heterocycles. The molecule has 0 saturated heterocycles. The summed E-state index contributed by atoms with van der Waals surface area (Å²) in [5.74, 6) is 0. The third kappa shape index (κ3) is 4.25. The minimum absolute atomic E-state index is 0.0276. The van der Waals surface area contributed by atoms with Gasteiger partial charge in [0.15, 0.2) is 0 Å². The maximum absolute atomic E-state index is 11.5. The minimum Gasteiger partial charge on any atom is -0.315 e. The van der Waals surface area contributed by atoms with E-state index >= 15 is 0 Å². The Morgan fingerprint density at radius 3 is 2.93 bits per heavy atom. The predicted octanol–water partition coefficient (Wildman–Crippen LogP) is 0.941. The largest absolute Gasteiger partial charge is 0.315 e. The lowest BCUT2D eigenvalue weighted by molar-refractivity contribution is 0.564. The maximum atomic E-state index is 11.5. The van der Waals surface area contributed by atoms with Crippen molar-refractivity contribution in [3.05, 3.63) is 28.4 Å². The van der Waals surface area contributed by atoms with Crippen LogP contribution < -0.4 is 10.9 Å². The van der Waals surface area contributed by atoms with Crippen LogP contribution in [0.2, 0.25) is 0 Å². The Balaban J connectivity index is 2.34. The molecule has 4 heteroatoms. The molecule has 0 aliphatic rings. The Morgan fingerprint density at radius 1 is 1.47 bits per heavy atom. The summed E-state index contributed by atoms with van der Waals surface area (Å²) in [5, 5.41) is 3.29. The molecule has 0 atom stereocenters. The second kappa shape index (κ2) is 6.35. The fraction of sp³-hybridized carbons (Fsp3) is 0.636. The number of hydrogen-bond acceptors (Lipinski definition) is 3. The number of hydrogen-bond donors (Lipinski definition) is 1. The Morgan fingerprint density at radius 2 is 2.27 bits per heavy atom. The molecule has 0 aliphatic carbocycles. The highest BCUT2D eigenvalue weighted by Gasteiger charge is 1.95. The topological polar surface area (TPSA) is 46.9 Å². The van der Waals surface area contributed by atoms with Gasteiger partial charge in [0.25, 0.3) is 5.56 Å². The van der Waals surface area contributed by atoms with Crippen molar-refractivity contribution in [2.24, 2.45) is 0 Å². The van der Waals surface area contributed by atoms with Crippen LogP contribution in [-0.2, 0) is 6.54 Å². The predicted molar refractivity (Wildman–Crippen MR) is 61.0 cm³/mol. The summed E-state index contributed by atoms with van der Waals surface area (Å²) in [6.07, 6.45) is 3.99. The zero-order valence-corrected chi connectivity index (χ0v) is 9.49. The van der Waals surface area contributed by atoms with Crippen molar-refractivity contribution in [3.63, 3.8) is 0 Å². The van der Waals surface area contributed by atoms with E-state index in [1.165, 1.54) is 12.8 Å². The third-order valence-electron chi connectivity index (χ3n) is 2.25. The minimum atomic E-state index is 0.0276. The lowest BCUT2D eigenvalue weighted by atomic mass is 10.3. The molecule has 0 spiro atoms. The Bertz CT molecular complexity index is 346. The molecule has 84 valence electrons. The third-order valence-corrected chi connectivity index (χ3v) is 2.25. The van der Waals surface area contributed by atoms with Crippen LogP contribution in [0.5, 0.6) is 0 Å². The summed E-state index contributed by atoms with van der Waals surface area (Å²) < 4.78 is 1.63. The number of nitrogens with zero attached hydrogens (tertiary/aromatic N) is 2. The molecule has 0 bridgehead atoms. The highest BCUT2D eigenvalue weighted by atomic mass is 16.1. The highest BCUT2D eigenvalue weighted by Crippen LogP contribution is 1.85. The van der Waals surface area contributed by atoms with Crippen LogP contribution in [-0.4, -0.2) is 22.6 Å². The molecular formula is C11H19N3O. The molecule has 1 aromatic heterocycles. The van der Waals surface area contributed by atoms with Crippen molar-refractivity contribution in [2.45, 2.75) is 33.2 Å². The molecule has 0 amide bonds. The first-order valence-electron chi connectivity index (χ1n) is 5.48. The van der Waals surface area contributed by atoms with E-state index in [1.54, 1.807) is 17.0 Å². The van der Waals surface area contributed by atoms with E-state index < -0.39 is 0 Å². The summed E-state index contributed by atoms with van der Waals surface area (Å²) in [4.78, 5) is 15.5. The summed E-state index contributed by atoms with van der Waals surface area (Å²) in [6, 6.07) is 1.56. The van der Waals surface area contributed by atoms with Crippen LogP contribution >= 0.6 is 0 Å². The van der Waals surface area contributed by atoms with Gasteiger partial charge in [0.2, 0.25) is 0 Å². The Hall–Kier alpha value is -1.16. The average molecular weight is 209 g/mol. The van der Waals surface area contributed by atoms with Gasteiger partial charge in [-0.3, -0.25) is 9.36 Å². The fourth-order valence-corrected chi connectivity index (χ4v) is 1.31. The molecule has 0 unspecified atom stereocenters. The highest BCUT2D eigenvalue weighted by molar-refractivity contribution is 4.95. The average Bonchev–Trinajstić information content (AvgIpc) is 2.20. The van der Waals surface area contributed by atoms with Crippen molar-refractivity contribution < 1.29 is 0 Å². The second-order valence-electron chi connectivity index (χ2n) is 3.67. The molecule has 4 nitrogen and oxygen atoms in total. The molecule has 1 rings (SSSR count). The molecular weight excluding hydrogens is 190 g/mol. The van der Waals surface area contributed by atoms with E-state index in [1.807, 2.05) is 6.92 Å². The smallest absolute Gasteiger partial charge is 0.253 e. The van der Waals surface area contributed by atoms with E-state index in [0.717, 1.165) is 18.8 Å². The molecule has 1 aromatic rings. The zero-order chi connectivity index (χ0) is 11.1. The Kier molecular flexibility index (Phi) is 5.04. The van der Waals surface area contributed by atoms with Crippen LogP contribution in [0.15, 0.2) is 17.2 Å². The fourth-order valence-electron chi connectivity index (χ4n) is 1.31. The standard InChI is InChI=1S/C11H19N3O/c1-3-4-5-12-6-7-14-9-13-10(2)8-11(14)15/h8-9,12H,3-7H2,1-2H3. The van der Waals surface area contributed by atoms with E-state index in [2.05, 4.69) is 17.2 Å². The first-order valence-corrected chi connectivity index (χ1v) is 5.48. The van der Waals surface area contributed by atoms with Gasteiger partial charge < -0.3 is 5.32 Å². The van der Waals surface area contributed by atoms with Crippen molar-refractivity contribution in [3.8, 4) is 0 Å². The summed E-state index contributed by atoms with van der Waals surface area (Å²) >= 11 is 0. The van der Waals surface area contributed by atoms with Gasteiger partial charge in [0.05, 0.1) is 6.33 Å². The molecule has 0 fully saturated rings. The normalized spacial score (nSPS) is 10.5. The molecule has 15 heavy (non-hydrogen) atoms. The van der Waals surface area contributed by atoms with Gasteiger partial charge in [-0.05, 0) is 19.9 Å². The lowest BCUT2D eigenvalue weighted by Gasteiger charge is -2.06. The van der Waals surface area contributed by atoms with E-state index in [4.69, 9.17) is 0 Å². The van der Waals surface area contributed by atoms with Gasteiger partial charge in [0.1, 0.15) is 0 Å². The van der Waals surface area contributed by atoms with Crippen LogP contribution in [0.3, 0.4) is 0 Å². The number of rotatable bonds is 6. The van der Waals surface area contributed by atoms with Crippen molar-refractivity contribution in [1.29, 1.82) is 0 Å². The van der Waals surface area contributed by atoms with E-state index in [0.29, 0.717) is 6.54 Å². The Labute approximate surface area is 90.3 Å². The molecule has 0 saturated carbocycles. The molecule has 1 N–H and O–H groups in total. The van der Waals surface area contributed by atoms with E-state index in [-0.39, 0.29) is 5.56 Å². The number of aryl methyl sites for hydroxylation is 1. The van der Waals surface area contributed by atoms with E-state index in [9.17, 15) is 4.79 Å². The van der Waals surface area contributed by atoms with Gasteiger partial charge in [0, 0.05) is 24.8 Å². The van der Waals surface area contributed by atoms with Gasteiger partial charge >= 0.3 is 0 Å². The zero-order valence-electron chi connectivity index (χ0n) is 9.49. The van der Waals surface area contributed by atoms with Crippen molar-refractivity contribution in [1.82, 2.24) is 14.9 Å². The quantitative estimate of drug-likeness (QED) is 0.709. The van der Waals surface area contributed by atoms with Gasteiger partial charge in [-0.2, -0.15) is 0 Å². The first kappa shape index (κ1) is 11.9. The number of unbranched alkanes of at least 4 members (excludes halogenated alkanes) is 1. The van der Waals surface area contributed by atoms with Gasteiger partial charge in [-0.1, -0.05) is 13.3 Å². The van der Waals surface area contributed by atoms with Crippen molar-refractivity contribution in [2.75, 3.05) is 13.1 Å². The van der Waals surface area contributed by atoms with Crippen molar-refractivity contribution >= 4 is 0 Å². The summed E-state index contributed by atoms with van der Waals surface area (Å²) in [6.45, 7) is 6.52. The number of nitrogens with one attached hydrogen (secondary N) is 1. The first-order chi connectivity index (χ1) is 7.24.